The Balaban J connectivity index is 1.45. The lowest BCUT2D eigenvalue weighted by atomic mass is 9.79. The molecular weight excluding hydrogens is 408 g/mol. The maximum atomic E-state index is 13.2. The van der Waals surface area contributed by atoms with Crippen LogP contribution in [0.4, 0.5) is 4.79 Å². The highest BCUT2D eigenvalue weighted by Gasteiger charge is 2.52. The van der Waals surface area contributed by atoms with Crippen LogP contribution in [0.3, 0.4) is 0 Å². The molecule has 0 bridgehead atoms. The van der Waals surface area contributed by atoms with E-state index in [4.69, 9.17) is 4.74 Å². The number of amides is 1. The summed E-state index contributed by atoms with van der Waals surface area (Å²) in [6.45, 7) is 7.54. The van der Waals surface area contributed by atoms with Crippen LogP contribution < -0.4 is 0 Å². The fourth-order valence-corrected chi connectivity index (χ4v) is 6.30. The number of benzene rings is 1. The van der Waals surface area contributed by atoms with Crippen molar-refractivity contribution in [2.75, 3.05) is 26.2 Å². The highest BCUT2D eigenvalue weighted by molar-refractivity contribution is 7.89. The SMILES string of the molecule is CC(C)(C)OC(=O)N1CC2(CCN(S(=O)(=O)c3cccc(-c4cccs4)c3)C2)C1. The van der Waals surface area contributed by atoms with E-state index in [9.17, 15) is 13.2 Å². The predicted molar refractivity (Wildman–Crippen MR) is 113 cm³/mol. The number of thiophene rings is 1. The smallest absolute Gasteiger partial charge is 0.410 e. The van der Waals surface area contributed by atoms with Crippen molar-refractivity contribution in [2.24, 2.45) is 5.41 Å². The molecule has 1 spiro atoms. The molecule has 2 aliphatic heterocycles. The van der Waals surface area contributed by atoms with E-state index in [-0.39, 0.29) is 11.5 Å². The molecule has 2 fully saturated rings. The maximum Gasteiger partial charge on any atom is 0.410 e. The second-order valence-electron chi connectivity index (χ2n) is 8.93. The van der Waals surface area contributed by atoms with Crippen LogP contribution in [0.5, 0.6) is 0 Å². The van der Waals surface area contributed by atoms with Crippen molar-refractivity contribution in [1.82, 2.24) is 9.21 Å². The molecule has 4 rings (SSSR count). The fourth-order valence-electron chi connectivity index (χ4n) is 3.98. The van der Waals surface area contributed by atoms with Crippen LogP contribution >= 0.6 is 11.3 Å². The van der Waals surface area contributed by atoms with Crippen molar-refractivity contribution < 1.29 is 17.9 Å². The van der Waals surface area contributed by atoms with Crippen molar-refractivity contribution in [2.45, 2.75) is 37.7 Å². The van der Waals surface area contributed by atoms with Crippen molar-refractivity contribution in [3.8, 4) is 10.4 Å². The number of rotatable bonds is 3. The second-order valence-corrected chi connectivity index (χ2v) is 11.8. The highest BCUT2D eigenvalue weighted by atomic mass is 32.2. The summed E-state index contributed by atoms with van der Waals surface area (Å²) in [7, 11) is -3.56. The molecule has 6 nitrogen and oxygen atoms in total. The molecular formula is C21H26N2O4S2. The number of nitrogens with zero attached hydrogens (tertiary/aromatic N) is 2. The van der Waals surface area contributed by atoms with Crippen LogP contribution in [0.15, 0.2) is 46.7 Å². The Morgan fingerprint density at radius 2 is 1.90 bits per heavy atom. The van der Waals surface area contributed by atoms with Gasteiger partial charge < -0.3 is 9.64 Å². The summed E-state index contributed by atoms with van der Waals surface area (Å²) >= 11 is 1.59. The molecule has 2 saturated heterocycles. The van der Waals surface area contributed by atoms with E-state index in [0.29, 0.717) is 31.1 Å². The van der Waals surface area contributed by atoms with Crippen molar-refractivity contribution in [1.29, 1.82) is 0 Å². The van der Waals surface area contributed by atoms with E-state index in [1.165, 1.54) is 0 Å². The third kappa shape index (κ3) is 4.06. The van der Waals surface area contributed by atoms with Crippen LogP contribution in [-0.2, 0) is 14.8 Å². The third-order valence-corrected chi connectivity index (χ3v) is 8.15. The molecule has 2 aromatic rings. The second kappa shape index (κ2) is 7.11. The molecule has 8 heteroatoms. The van der Waals surface area contributed by atoms with Gasteiger partial charge in [0.15, 0.2) is 0 Å². The summed E-state index contributed by atoms with van der Waals surface area (Å²) in [5, 5.41) is 1.98. The van der Waals surface area contributed by atoms with Crippen LogP contribution in [0.1, 0.15) is 27.2 Å². The summed E-state index contributed by atoms with van der Waals surface area (Å²) in [4.78, 5) is 15.2. The first-order chi connectivity index (χ1) is 13.6. The summed E-state index contributed by atoms with van der Waals surface area (Å²) in [6.07, 6.45) is 0.434. The molecule has 0 radical (unpaired) electrons. The lowest BCUT2D eigenvalue weighted by Crippen LogP contribution is -2.60. The lowest BCUT2D eigenvalue weighted by Gasteiger charge is -2.47. The first-order valence-electron chi connectivity index (χ1n) is 9.70. The van der Waals surface area contributed by atoms with Gasteiger partial charge in [0.05, 0.1) is 4.90 Å². The molecule has 0 atom stereocenters. The number of hydrogen-bond donors (Lipinski definition) is 0. The number of hydrogen-bond acceptors (Lipinski definition) is 5. The van der Waals surface area contributed by atoms with Crippen LogP contribution in [0, 0.1) is 5.41 Å². The van der Waals surface area contributed by atoms with E-state index in [1.54, 1.807) is 38.7 Å². The van der Waals surface area contributed by atoms with Crippen molar-refractivity contribution in [3.05, 3.63) is 41.8 Å². The molecule has 1 aromatic carbocycles. The quantitative estimate of drug-likeness (QED) is 0.731. The van der Waals surface area contributed by atoms with Crippen molar-refractivity contribution >= 4 is 27.5 Å². The van der Waals surface area contributed by atoms with Gasteiger partial charge in [-0.1, -0.05) is 18.2 Å². The van der Waals surface area contributed by atoms with E-state index >= 15 is 0 Å². The predicted octanol–water partition coefficient (Wildman–Crippen LogP) is 4.05. The van der Waals surface area contributed by atoms with E-state index < -0.39 is 15.6 Å². The molecule has 3 heterocycles. The molecule has 0 unspecified atom stereocenters. The Kier molecular flexibility index (Phi) is 4.99. The van der Waals surface area contributed by atoms with Crippen LogP contribution in [0.2, 0.25) is 0 Å². The monoisotopic (exact) mass is 434 g/mol. The molecule has 0 N–H and O–H groups in total. The molecule has 1 amide bonds. The largest absolute Gasteiger partial charge is 0.444 e. The minimum Gasteiger partial charge on any atom is -0.444 e. The lowest BCUT2D eigenvalue weighted by molar-refractivity contribution is -0.0286. The van der Waals surface area contributed by atoms with Crippen molar-refractivity contribution in [3.63, 3.8) is 0 Å². The summed E-state index contributed by atoms with van der Waals surface area (Å²) in [5.41, 5.74) is 0.225. The van der Waals surface area contributed by atoms with Gasteiger partial charge in [0.25, 0.3) is 0 Å². The van der Waals surface area contributed by atoms with Gasteiger partial charge >= 0.3 is 6.09 Å². The van der Waals surface area contributed by atoms with E-state index in [0.717, 1.165) is 16.9 Å². The minimum atomic E-state index is -3.56. The first kappa shape index (κ1) is 20.4. The van der Waals surface area contributed by atoms with E-state index in [2.05, 4.69) is 0 Å². The number of sulfonamides is 1. The van der Waals surface area contributed by atoms with E-state index in [1.807, 2.05) is 44.4 Å². The Labute approximate surface area is 176 Å². The summed E-state index contributed by atoms with van der Waals surface area (Å²) in [6, 6.07) is 11.1. The third-order valence-electron chi connectivity index (χ3n) is 5.39. The topological polar surface area (TPSA) is 66.9 Å². The number of carbonyl (C=O) groups excluding carboxylic acids is 1. The van der Waals surface area contributed by atoms with Gasteiger partial charge in [-0.3, -0.25) is 0 Å². The normalized spacial score (nSPS) is 19.3. The molecule has 0 saturated carbocycles. The Hall–Kier alpha value is -1.90. The van der Waals surface area contributed by atoms with Gasteiger partial charge in [-0.25, -0.2) is 13.2 Å². The van der Waals surface area contributed by atoms with Gasteiger partial charge in [0.1, 0.15) is 5.60 Å². The summed E-state index contributed by atoms with van der Waals surface area (Å²) in [5.74, 6) is 0. The van der Waals surface area contributed by atoms with Gasteiger partial charge in [0.2, 0.25) is 10.0 Å². The minimum absolute atomic E-state index is 0.157. The average Bonchev–Trinajstić information content (AvgIpc) is 3.29. The zero-order chi connectivity index (χ0) is 20.9. The number of likely N-dealkylation sites (tertiary alicyclic amines) is 1. The van der Waals surface area contributed by atoms with Gasteiger partial charge in [-0.2, -0.15) is 4.31 Å². The highest BCUT2D eigenvalue weighted by Crippen LogP contribution is 2.42. The molecule has 29 heavy (non-hydrogen) atoms. The van der Waals surface area contributed by atoms with Gasteiger partial charge in [-0.15, -0.1) is 11.3 Å². The first-order valence-corrected chi connectivity index (χ1v) is 12.0. The molecule has 0 aliphatic carbocycles. The summed E-state index contributed by atoms with van der Waals surface area (Å²) < 4.78 is 33.4. The standard InChI is InChI=1S/C21H26N2O4S2/c1-20(2,3)27-19(24)22-13-21(14-22)9-10-23(15-21)29(25,26)17-7-4-6-16(12-17)18-8-5-11-28-18/h4-8,11-12H,9-10,13-15H2,1-3H3. The van der Waals surface area contributed by atoms with Gasteiger partial charge in [-0.05, 0) is 56.3 Å². The maximum absolute atomic E-state index is 13.2. The van der Waals surface area contributed by atoms with Gasteiger partial charge in [0, 0.05) is 36.5 Å². The van der Waals surface area contributed by atoms with Crippen LogP contribution in [-0.4, -0.2) is 55.5 Å². The Bertz CT molecular complexity index is 1000. The zero-order valence-electron chi connectivity index (χ0n) is 16.9. The number of ether oxygens (including phenoxy) is 1. The average molecular weight is 435 g/mol. The molecule has 156 valence electrons. The zero-order valence-corrected chi connectivity index (χ0v) is 18.6. The number of carbonyl (C=O) groups is 1. The molecule has 2 aliphatic rings. The Morgan fingerprint density at radius 3 is 2.55 bits per heavy atom. The fraction of sp³-hybridized carbons (Fsp3) is 0.476. The Morgan fingerprint density at radius 1 is 1.14 bits per heavy atom. The van der Waals surface area contributed by atoms with Crippen LogP contribution in [0.25, 0.3) is 10.4 Å². The molecule has 1 aromatic heterocycles.